The zero-order chi connectivity index (χ0) is 17.7. The molecule has 0 saturated carbocycles. The van der Waals surface area contributed by atoms with Crippen LogP contribution >= 0.6 is 0 Å². The predicted molar refractivity (Wildman–Crippen MR) is 82.7 cm³/mol. The van der Waals surface area contributed by atoms with Gasteiger partial charge in [-0.15, -0.1) is 0 Å². The molecule has 0 aliphatic carbocycles. The molecule has 1 aromatic rings. The molecule has 0 atom stereocenters. The molecule has 0 spiro atoms. The minimum atomic E-state index is -3.90. The molecule has 1 aliphatic heterocycles. The molecule has 9 heteroatoms. The molecule has 0 unspecified atom stereocenters. The molecule has 1 amide bonds. The first kappa shape index (κ1) is 18.8. The number of hydrogen-bond donors (Lipinski definition) is 1. The number of nitrogens with zero attached hydrogens (tertiary/aromatic N) is 1. The number of methoxy groups -OCH3 is 1. The average Bonchev–Trinajstić information content (AvgIpc) is 2.57. The molecule has 1 fully saturated rings. The van der Waals surface area contributed by atoms with Gasteiger partial charge >= 0.3 is 0 Å². The van der Waals surface area contributed by atoms with Gasteiger partial charge in [0.1, 0.15) is 0 Å². The Bertz CT molecular complexity index is 689. The highest BCUT2D eigenvalue weighted by Gasteiger charge is 2.32. The first-order chi connectivity index (χ1) is 11.4. The maximum absolute atomic E-state index is 13.3. The van der Waals surface area contributed by atoms with Crippen LogP contribution in [0.25, 0.3) is 0 Å². The molecule has 1 aliphatic rings. The third-order valence-corrected chi connectivity index (χ3v) is 5.85. The highest BCUT2D eigenvalue weighted by Crippen LogP contribution is 2.24. The summed E-state index contributed by atoms with van der Waals surface area (Å²) in [4.78, 5) is 11.7. The van der Waals surface area contributed by atoms with E-state index in [2.05, 4.69) is 5.32 Å². The number of amides is 1. The van der Waals surface area contributed by atoms with Crippen molar-refractivity contribution in [2.24, 2.45) is 5.92 Å². The van der Waals surface area contributed by atoms with Crippen LogP contribution in [0, 0.1) is 17.6 Å². The monoisotopic (exact) mass is 362 g/mol. The van der Waals surface area contributed by atoms with Crippen molar-refractivity contribution < 1.29 is 26.7 Å². The fourth-order valence-electron chi connectivity index (χ4n) is 2.57. The lowest BCUT2D eigenvalue weighted by molar-refractivity contribution is -0.126. The topological polar surface area (TPSA) is 75.7 Å². The van der Waals surface area contributed by atoms with Crippen LogP contribution in [0.4, 0.5) is 8.78 Å². The number of piperidine rings is 1. The Hall–Kier alpha value is -1.58. The van der Waals surface area contributed by atoms with Crippen LogP contribution < -0.4 is 5.32 Å². The van der Waals surface area contributed by atoms with E-state index in [1.807, 2.05) is 0 Å². The van der Waals surface area contributed by atoms with Crippen molar-refractivity contribution in [3.05, 3.63) is 29.8 Å². The molecule has 1 heterocycles. The molecule has 1 aromatic carbocycles. The molecule has 0 aromatic heterocycles. The van der Waals surface area contributed by atoms with Crippen LogP contribution in [0.15, 0.2) is 23.1 Å². The number of carbonyl (C=O) groups excluding carboxylic acids is 1. The third kappa shape index (κ3) is 4.28. The lowest BCUT2D eigenvalue weighted by atomic mass is 9.97. The molecule has 0 radical (unpaired) electrons. The van der Waals surface area contributed by atoms with Gasteiger partial charge in [-0.25, -0.2) is 17.2 Å². The van der Waals surface area contributed by atoms with Gasteiger partial charge in [0.15, 0.2) is 11.6 Å². The van der Waals surface area contributed by atoms with Crippen molar-refractivity contribution in [1.29, 1.82) is 0 Å². The largest absolute Gasteiger partial charge is 0.383 e. The highest BCUT2D eigenvalue weighted by atomic mass is 32.2. The van der Waals surface area contributed by atoms with E-state index in [4.69, 9.17) is 4.74 Å². The Morgan fingerprint density at radius 2 is 1.96 bits per heavy atom. The van der Waals surface area contributed by atoms with Gasteiger partial charge in [0, 0.05) is 32.7 Å². The van der Waals surface area contributed by atoms with Crippen molar-refractivity contribution in [2.75, 3.05) is 33.4 Å². The van der Waals surface area contributed by atoms with E-state index in [0.29, 0.717) is 32.1 Å². The zero-order valence-corrected chi connectivity index (χ0v) is 14.1. The summed E-state index contributed by atoms with van der Waals surface area (Å²) in [5, 5.41) is 2.73. The van der Waals surface area contributed by atoms with E-state index in [9.17, 15) is 22.0 Å². The summed E-state index contributed by atoms with van der Waals surface area (Å²) in [5.41, 5.74) is 0. The molecule has 1 saturated heterocycles. The maximum Gasteiger partial charge on any atom is 0.243 e. The minimum Gasteiger partial charge on any atom is -0.383 e. The van der Waals surface area contributed by atoms with Crippen molar-refractivity contribution in [2.45, 2.75) is 17.7 Å². The number of halogens is 2. The fraction of sp³-hybridized carbons (Fsp3) is 0.533. The number of benzene rings is 1. The van der Waals surface area contributed by atoms with Gasteiger partial charge in [0.05, 0.1) is 11.5 Å². The van der Waals surface area contributed by atoms with E-state index in [0.717, 1.165) is 12.1 Å². The summed E-state index contributed by atoms with van der Waals surface area (Å²) < 4.78 is 57.2. The number of sulfonamides is 1. The maximum atomic E-state index is 13.3. The second-order valence-electron chi connectivity index (χ2n) is 5.54. The first-order valence-electron chi connectivity index (χ1n) is 7.58. The van der Waals surface area contributed by atoms with E-state index in [1.54, 1.807) is 0 Å². The molecule has 2 rings (SSSR count). The van der Waals surface area contributed by atoms with Gasteiger partial charge < -0.3 is 10.1 Å². The van der Waals surface area contributed by atoms with E-state index in [1.165, 1.54) is 11.4 Å². The standard InChI is InChI=1S/C15H20F2N2O4S/c1-23-9-6-18-15(20)11-4-7-19(8-5-11)24(21,22)12-2-3-13(16)14(17)10-12/h2-3,10-11H,4-9H2,1H3,(H,18,20). The van der Waals surface area contributed by atoms with Gasteiger partial charge in [0.25, 0.3) is 0 Å². The van der Waals surface area contributed by atoms with Gasteiger partial charge in [-0.05, 0) is 31.0 Å². The molecule has 134 valence electrons. The van der Waals surface area contributed by atoms with Crippen LogP contribution in [-0.2, 0) is 19.6 Å². The smallest absolute Gasteiger partial charge is 0.243 e. The molecule has 6 nitrogen and oxygen atoms in total. The van der Waals surface area contributed by atoms with Crippen LogP contribution in [0.3, 0.4) is 0 Å². The number of hydrogen-bond acceptors (Lipinski definition) is 4. The van der Waals surface area contributed by atoms with E-state index in [-0.39, 0.29) is 29.8 Å². The predicted octanol–water partition coefficient (Wildman–Crippen LogP) is 1.13. The number of carbonyl (C=O) groups is 1. The van der Waals surface area contributed by atoms with Gasteiger partial charge in [-0.2, -0.15) is 4.31 Å². The second-order valence-corrected chi connectivity index (χ2v) is 7.48. The van der Waals surface area contributed by atoms with Crippen molar-refractivity contribution >= 4 is 15.9 Å². The average molecular weight is 362 g/mol. The van der Waals surface area contributed by atoms with Crippen LogP contribution in [0.2, 0.25) is 0 Å². The number of ether oxygens (including phenoxy) is 1. The molecular formula is C15H20F2N2O4S. The Kier molecular flexibility index (Phi) is 6.25. The van der Waals surface area contributed by atoms with Crippen molar-refractivity contribution in [3.63, 3.8) is 0 Å². The van der Waals surface area contributed by atoms with Crippen LogP contribution in [-0.4, -0.2) is 52.0 Å². The summed E-state index contributed by atoms with van der Waals surface area (Å²) in [6.07, 6.45) is 0.753. The zero-order valence-electron chi connectivity index (χ0n) is 13.3. The first-order valence-corrected chi connectivity index (χ1v) is 9.02. The minimum absolute atomic E-state index is 0.128. The number of rotatable bonds is 6. The van der Waals surface area contributed by atoms with Crippen LogP contribution in [0.5, 0.6) is 0 Å². The summed E-state index contributed by atoms with van der Waals surface area (Å²) in [7, 11) is -2.36. The van der Waals surface area contributed by atoms with E-state index < -0.39 is 21.7 Å². The Balaban J connectivity index is 1.98. The quantitative estimate of drug-likeness (QED) is 0.770. The normalized spacial score (nSPS) is 17.0. The molecule has 24 heavy (non-hydrogen) atoms. The molecule has 0 bridgehead atoms. The fourth-order valence-corrected chi connectivity index (χ4v) is 4.05. The van der Waals surface area contributed by atoms with E-state index >= 15 is 0 Å². The van der Waals surface area contributed by atoms with Gasteiger partial charge in [-0.3, -0.25) is 4.79 Å². The lowest BCUT2D eigenvalue weighted by Crippen LogP contribution is -2.43. The molecular weight excluding hydrogens is 342 g/mol. The molecule has 1 N–H and O–H groups in total. The van der Waals surface area contributed by atoms with Gasteiger partial charge in [0.2, 0.25) is 15.9 Å². The summed E-state index contributed by atoms with van der Waals surface area (Å²) in [6, 6.07) is 2.50. The third-order valence-electron chi connectivity index (χ3n) is 3.96. The Morgan fingerprint density at radius 1 is 1.29 bits per heavy atom. The second kappa shape index (κ2) is 8.00. The summed E-state index contributed by atoms with van der Waals surface area (Å²) >= 11 is 0. The summed E-state index contributed by atoms with van der Waals surface area (Å²) in [5.74, 6) is -2.70. The number of nitrogens with one attached hydrogen (secondary N) is 1. The van der Waals surface area contributed by atoms with Gasteiger partial charge in [-0.1, -0.05) is 0 Å². The highest BCUT2D eigenvalue weighted by molar-refractivity contribution is 7.89. The summed E-state index contributed by atoms with van der Waals surface area (Å²) in [6.45, 7) is 1.13. The van der Waals surface area contributed by atoms with Crippen molar-refractivity contribution in [3.8, 4) is 0 Å². The van der Waals surface area contributed by atoms with Crippen molar-refractivity contribution in [1.82, 2.24) is 9.62 Å². The lowest BCUT2D eigenvalue weighted by Gasteiger charge is -2.30. The Morgan fingerprint density at radius 3 is 2.54 bits per heavy atom. The van der Waals surface area contributed by atoms with Crippen LogP contribution in [0.1, 0.15) is 12.8 Å². The SMILES string of the molecule is COCCNC(=O)C1CCN(S(=O)(=O)c2ccc(F)c(F)c2)CC1. The Labute approximate surface area is 139 Å².